The minimum atomic E-state index is -0.993. The van der Waals surface area contributed by atoms with Gasteiger partial charge >= 0.3 is 5.97 Å². The summed E-state index contributed by atoms with van der Waals surface area (Å²) in [5.41, 5.74) is 5.96. The molecule has 1 aliphatic rings. The van der Waals surface area contributed by atoms with E-state index in [1.165, 1.54) is 12.8 Å². The summed E-state index contributed by atoms with van der Waals surface area (Å²) in [6.45, 7) is 4.93. The summed E-state index contributed by atoms with van der Waals surface area (Å²) >= 11 is 0. The van der Waals surface area contributed by atoms with Crippen molar-refractivity contribution in [2.45, 2.75) is 45.2 Å². The fourth-order valence-corrected chi connectivity index (χ4v) is 2.83. The average Bonchev–Trinajstić information content (AvgIpc) is 2.71. The third-order valence-corrected chi connectivity index (χ3v) is 4.15. The number of aldehydes is 1. The van der Waals surface area contributed by atoms with Crippen LogP contribution in [0.3, 0.4) is 0 Å². The number of nitrogens with one attached hydrogen (secondary N) is 1. The highest BCUT2D eigenvalue weighted by Gasteiger charge is 2.27. The largest absolute Gasteiger partial charge is 0.481 e. The Balaban J connectivity index is 2.37. The SMILES string of the molecule is CC1CCC(C)C1C=CC(N)CN[C@@H](C=O)CC(=O)O. The van der Waals surface area contributed by atoms with E-state index >= 15 is 0 Å². The van der Waals surface area contributed by atoms with Crippen LogP contribution in [0.4, 0.5) is 0 Å². The number of carboxylic acid groups (broad SMARTS) is 1. The van der Waals surface area contributed by atoms with Gasteiger partial charge in [-0.3, -0.25) is 4.79 Å². The van der Waals surface area contributed by atoms with Crippen LogP contribution in [-0.4, -0.2) is 36.0 Å². The number of allylic oxidation sites excluding steroid dienone is 1. The molecule has 0 bridgehead atoms. The Hall–Kier alpha value is -1.20. The van der Waals surface area contributed by atoms with E-state index in [0.717, 1.165) is 0 Å². The summed E-state index contributed by atoms with van der Waals surface area (Å²) in [7, 11) is 0. The molecule has 1 aliphatic carbocycles. The molecule has 3 unspecified atom stereocenters. The number of aliphatic carboxylic acids is 1. The van der Waals surface area contributed by atoms with Crippen molar-refractivity contribution in [3.05, 3.63) is 12.2 Å². The van der Waals surface area contributed by atoms with E-state index in [1.54, 1.807) is 0 Å². The smallest absolute Gasteiger partial charge is 0.305 e. The third-order valence-electron chi connectivity index (χ3n) is 4.15. The van der Waals surface area contributed by atoms with Gasteiger partial charge in [-0.15, -0.1) is 0 Å². The molecule has 0 spiro atoms. The number of hydrogen-bond donors (Lipinski definition) is 3. The van der Waals surface area contributed by atoms with Crippen molar-refractivity contribution in [1.29, 1.82) is 0 Å². The lowest BCUT2D eigenvalue weighted by molar-refractivity contribution is -0.138. The molecule has 0 aromatic carbocycles. The molecule has 0 amide bonds. The van der Waals surface area contributed by atoms with Crippen molar-refractivity contribution in [3.8, 4) is 0 Å². The van der Waals surface area contributed by atoms with Crippen molar-refractivity contribution >= 4 is 12.3 Å². The van der Waals surface area contributed by atoms with Crippen LogP contribution in [0.5, 0.6) is 0 Å². The first kappa shape index (κ1) is 16.9. The van der Waals surface area contributed by atoms with E-state index in [-0.39, 0.29) is 12.5 Å². The monoisotopic (exact) mass is 282 g/mol. The van der Waals surface area contributed by atoms with Gasteiger partial charge in [-0.2, -0.15) is 0 Å². The maximum Gasteiger partial charge on any atom is 0.305 e. The van der Waals surface area contributed by atoms with Gasteiger partial charge < -0.3 is 21.0 Å². The molecule has 0 radical (unpaired) electrons. The molecular weight excluding hydrogens is 256 g/mol. The molecule has 0 saturated heterocycles. The van der Waals surface area contributed by atoms with Gasteiger partial charge in [0.05, 0.1) is 12.5 Å². The van der Waals surface area contributed by atoms with Crippen molar-refractivity contribution in [2.75, 3.05) is 6.54 Å². The lowest BCUT2D eigenvalue weighted by Crippen LogP contribution is -2.40. The van der Waals surface area contributed by atoms with Gasteiger partial charge in [0.1, 0.15) is 6.29 Å². The molecule has 0 heterocycles. The normalized spacial score (nSPS) is 29.4. The molecule has 1 saturated carbocycles. The Kier molecular flexibility index (Phi) is 6.88. The Bertz CT molecular complexity index is 347. The third kappa shape index (κ3) is 5.43. The number of nitrogens with two attached hydrogens (primary N) is 1. The zero-order valence-corrected chi connectivity index (χ0v) is 12.3. The minimum Gasteiger partial charge on any atom is -0.481 e. The predicted octanol–water partition coefficient (Wildman–Crippen LogP) is 1.18. The molecule has 0 aliphatic heterocycles. The fourth-order valence-electron chi connectivity index (χ4n) is 2.83. The number of carbonyl (C=O) groups excluding carboxylic acids is 1. The number of rotatable bonds is 8. The van der Waals surface area contributed by atoms with Gasteiger partial charge in [0.2, 0.25) is 0 Å². The second-order valence-electron chi connectivity index (χ2n) is 5.91. The van der Waals surface area contributed by atoms with Gasteiger partial charge in [0.25, 0.3) is 0 Å². The van der Waals surface area contributed by atoms with Crippen LogP contribution < -0.4 is 11.1 Å². The average molecular weight is 282 g/mol. The Morgan fingerprint density at radius 1 is 1.40 bits per heavy atom. The highest BCUT2D eigenvalue weighted by atomic mass is 16.4. The quantitative estimate of drug-likeness (QED) is 0.459. The van der Waals surface area contributed by atoms with E-state index in [4.69, 9.17) is 10.8 Å². The van der Waals surface area contributed by atoms with E-state index in [9.17, 15) is 9.59 Å². The van der Waals surface area contributed by atoms with Crippen LogP contribution in [0.1, 0.15) is 33.1 Å². The van der Waals surface area contributed by atoms with Crippen LogP contribution >= 0.6 is 0 Å². The van der Waals surface area contributed by atoms with Crippen molar-refractivity contribution in [3.63, 3.8) is 0 Å². The Morgan fingerprint density at radius 2 is 2.00 bits per heavy atom. The highest BCUT2D eigenvalue weighted by molar-refractivity contribution is 5.73. The minimum absolute atomic E-state index is 0.203. The van der Waals surface area contributed by atoms with Crippen LogP contribution in [0.15, 0.2) is 12.2 Å². The van der Waals surface area contributed by atoms with Crippen LogP contribution in [0, 0.1) is 17.8 Å². The first-order chi connectivity index (χ1) is 9.43. The maximum absolute atomic E-state index is 10.7. The molecule has 4 atom stereocenters. The lowest BCUT2D eigenvalue weighted by Gasteiger charge is -2.17. The second-order valence-corrected chi connectivity index (χ2v) is 5.91. The molecule has 4 N–H and O–H groups in total. The molecule has 1 fully saturated rings. The van der Waals surface area contributed by atoms with Gasteiger partial charge in [0.15, 0.2) is 0 Å². The van der Waals surface area contributed by atoms with Gasteiger partial charge in [-0.05, 0) is 30.6 Å². The topological polar surface area (TPSA) is 92.4 Å². The van der Waals surface area contributed by atoms with Crippen molar-refractivity contribution < 1.29 is 14.7 Å². The van der Waals surface area contributed by atoms with E-state index in [2.05, 4.69) is 25.2 Å². The van der Waals surface area contributed by atoms with Crippen molar-refractivity contribution in [2.24, 2.45) is 23.5 Å². The lowest BCUT2D eigenvalue weighted by atomic mass is 9.91. The van der Waals surface area contributed by atoms with E-state index < -0.39 is 12.0 Å². The molecule has 0 aromatic rings. The van der Waals surface area contributed by atoms with Gasteiger partial charge in [-0.1, -0.05) is 26.0 Å². The van der Waals surface area contributed by atoms with Gasteiger partial charge in [-0.25, -0.2) is 0 Å². The Morgan fingerprint density at radius 3 is 2.50 bits per heavy atom. The molecule has 0 aromatic heterocycles. The molecule has 5 heteroatoms. The zero-order chi connectivity index (χ0) is 15.1. The molecular formula is C15H26N2O3. The number of carboxylic acids is 1. The summed E-state index contributed by atoms with van der Waals surface area (Å²) in [6.07, 6.45) is 7.08. The maximum atomic E-state index is 10.7. The Labute approximate surface area is 120 Å². The van der Waals surface area contributed by atoms with Crippen LogP contribution in [0.25, 0.3) is 0 Å². The fraction of sp³-hybridized carbons (Fsp3) is 0.733. The first-order valence-corrected chi connectivity index (χ1v) is 7.28. The summed E-state index contributed by atoms with van der Waals surface area (Å²) in [5.74, 6) is 0.960. The standard InChI is InChI=1S/C15H26N2O3/c1-10-3-4-11(2)14(10)6-5-12(16)8-17-13(9-18)7-15(19)20/h5-6,9-14,17H,3-4,7-8,16H2,1-2H3,(H,19,20)/t10?,11?,12?,13-,14?/m1/s1. The van der Waals surface area contributed by atoms with E-state index in [1.807, 2.05) is 6.08 Å². The van der Waals surface area contributed by atoms with Crippen molar-refractivity contribution in [1.82, 2.24) is 5.32 Å². The first-order valence-electron chi connectivity index (χ1n) is 7.28. The number of hydrogen-bond acceptors (Lipinski definition) is 4. The summed E-state index contributed by atoms with van der Waals surface area (Å²) in [6, 6.07) is -0.873. The van der Waals surface area contributed by atoms with E-state index in [0.29, 0.717) is 30.6 Å². The molecule has 114 valence electrons. The van der Waals surface area contributed by atoms with Crippen LogP contribution in [-0.2, 0) is 9.59 Å². The second kappa shape index (κ2) is 8.17. The van der Waals surface area contributed by atoms with Crippen LogP contribution in [0.2, 0.25) is 0 Å². The van der Waals surface area contributed by atoms with Gasteiger partial charge in [0, 0.05) is 12.6 Å². The number of carbonyl (C=O) groups is 2. The summed E-state index contributed by atoms with van der Waals surface area (Å²) in [5, 5.41) is 11.5. The molecule has 5 nitrogen and oxygen atoms in total. The molecule has 1 rings (SSSR count). The highest BCUT2D eigenvalue weighted by Crippen LogP contribution is 2.37. The molecule has 20 heavy (non-hydrogen) atoms. The summed E-state index contributed by atoms with van der Waals surface area (Å²) < 4.78 is 0. The zero-order valence-electron chi connectivity index (χ0n) is 12.3. The predicted molar refractivity (Wildman–Crippen MR) is 78.3 cm³/mol. The summed E-state index contributed by atoms with van der Waals surface area (Å²) in [4.78, 5) is 21.3.